The summed E-state index contributed by atoms with van der Waals surface area (Å²) in [5, 5.41) is 6.56. The van der Waals surface area contributed by atoms with Crippen LogP contribution >= 0.6 is 11.3 Å². The third-order valence-electron chi connectivity index (χ3n) is 8.21. The molecule has 0 spiro atoms. The molecule has 1 amide bonds. The molecule has 3 aromatic heterocycles. The molecule has 42 heavy (non-hydrogen) atoms. The van der Waals surface area contributed by atoms with E-state index in [0.717, 1.165) is 74.5 Å². The van der Waals surface area contributed by atoms with Gasteiger partial charge in [-0.05, 0) is 71.4 Å². The number of carbonyl (C=O) groups is 1. The second-order valence-corrected chi connectivity index (χ2v) is 11.6. The van der Waals surface area contributed by atoms with Crippen molar-refractivity contribution in [2.24, 2.45) is 0 Å². The first-order chi connectivity index (χ1) is 20.5. The van der Waals surface area contributed by atoms with Crippen molar-refractivity contribution in [3.05, 3.63) is 101 Å². The fourth-order valence-electron chi connectivity index (χ4n) is 6.07. The van der Waals surface area contributed by atoms with Crippen LogP contribution in [0, 0.1) is 5.82 Å². The van der Waals surface area contributed by atoms with Crippen LogP contribution in [0.4, 0.5) is 4.39 Å². The Balaban J connectivity index is 1.48. The maximum Gasteiger partial charge on any atom is 0.246 e. The number of hydrogen-bond acceptors (Lipinski definition) is 6. The Kier molecular flexibility index (Phi) is 6.80. The number of amides is 1. The molecule has 0 bridgehead atoms. The van der Waals surface area contributed by atoms with E-state index in [1.165, 1.54) is 29.3 Å². The normalized spacial score (nSPS) is 14.4. The average Bonchev–Trinajstić information content (AvgIpc) is 3.53. The number of rotatable bonds is 5. The van der Waals surface area contributed by atoms with Gasteiger partial charge in [0.25, 0.3) is 0 Å². The van der Waals surface area contributed by atoms with Gasteiger partial charge in [-0.2, -0.15) is 0 Å². The Morgan fingerprint density at radius 1 is 1.07 bits per heavy atom. The van der Waals surface area contributed by atoms with Crippen molar-refractivity contribution in [2.75, 3.05) is 20.2 Å². The van der Waals surface area contributed by atoms with E-state index in [1.54, 1.807) is 29.4 Å². The van der Waals surface area contributed by atoms with Gasteiger partial charge < -0.3 is 15.0 Å². The zero-order valence-electron chi connectivity index (χ0n) is 23.2. The molecule has 0 fully saturated rings. The first kappa shape index (κ1) is 26.5. The first-order valence-corrected chi connectivity index (χ1v) is 14.9. The van der Waals surface area contributed by atoms with Crippen molar-refractivity contribution in [3.8, 4) is 39.4 Å². The number of hydrogen-bond donors (Lipinski definition) is 1. The van der Waals surface area contributed by atoms with Crippen molar-refractivity contribution in [1.82, 2.24) is 20.2 Å². The zero-order chi connectivity index (χ0) is 28.8. The molecule has 0 radical (unpaired) electrons. The molecule has 0 saturated carbocycles. The van der Waals surface area contributed by atoms with Crippen molar-refractivity contribution in [3.63, 3.8) is 0 Å². The van der Waals surface area contributed by atoms with Gasteiger partial charge in [0.2, 0.25) is 5.91 Å². The van der Waals surface area contributed by atoms with E-state index < -0.39 is 0 Å². The summed E-state index contributed by atoms with van der Waals surface area (Å²) in [6, 6.07) is 15.4. The van der Waals surface area contributed by atoms with E-state index in [1.807, 2.05) is 6.20 Å². The Labute approximate surface area is 247 Å². The van der Waals surface area contributed by atoms with Gasteiger partial charge in [-0.1, -0.05) is 18.7 Å². The molecule has 0 atom stereocenters. The van der Waals surface area contributed by atoms with Gasteiger partial charge in [-0.15, -0.1) is 11.3 Å². The zero-order valence-corrected chi connectivity index (χ0v) is 24.1. The SMILES string of the molecule is C=CC(=O)N1CCc2ncc(-c3nc(-c4ccc5c(c4)CCNC5)c4ccsc4c3-c3ccc(F)cc3OC)cc2C1. The van der Waals surface area contributed by atoms with Crippen LogP contribution in [0.5, 0.6) is 5.75 Å². The Morgan fingerprint density at radius 2 is 1.95 bits per heavy atom. The molecule has 1 N–H and O–H groups in total. The van der Waals surface area contributed by atoms with Gasteiger partial charge in [0, 0.05) is 76.4 Å². The van der Waals surface area contributed by atoms with E-state index in [2.05, 4.69) is 47.6 Å². The molecule has 5 aromatic rings. The van der Waals surface area contributed by atoms with Crippen molar-refractivity contribution in [2.45, 2.75) is 25.9 Å². The van der Waals surface area contributed by atoms with Gasteiger partial charge in [0.05, 0.1) is 18.5 Å². The molecular formula is C34H29FN4O2S. The van der Waals surface area contributed by atoms with Crippen LogP contribution in [0.3, 0.4) is 0 Å². The van der Waals surface area contributed by atoms with E-state index in [-0.39, 0.29) is 11.7 Å². The minimum Gasteiger partial charge on any atom is -0.496 e. The predicted molar refractivity (Wildman–Crippen MR) is 165 cm³/mol. The van der Waals surface area contributed by atoms with Gasteiger partial charge >= 0.3 is 0 Å². The summed E-state index contributed by atoms with van der Waals surface area (Å²) in [5.74, 6) is -0.0172. The maximum absolute atomic E-state index is 14.3. The molecule has 210 valence electrons. The van der Waals surface area contributed by atoms with Crippen LogP contribution in [0.15, 0.2) is 72.8 Å². The lowest BCUT2D eigenvalue weighted by Crippen LogP contribution is -2.35. The summed E-state index contributed by atoms with van der Waals surface area (Å²) in [6.45, 7) is 6.56. The largest absolute Gasteiger partial charge is 0.496 e. The standard InChI is InChI=1S/C34H29FN4O2S/c1-3-30(40)39-12-9-28-24(19-39)15-23(18-37-28)33-31(26-7-6-25(35)16-29(26)41-2)34-27(10-13-42-34)32(38-33)21-4-5-22-17-36-11-8-20(22)14-21/h3-7,10,13-16,18,36H,1,8-9,11-12,17,19H2,2H3. The molecule has 0 aliphatic carbocycles. The number of pyridine rings is 2. The molecule has 2 aliphatic heterocycles. The summed E-state index contributed by atoms with van der Waals surface area (Å²) < 4.78 is 21.0. The average molecular weight is 577 g/mol. The molecule has 5 heterocycles. The molecule has 2 aromatic carbocycles. The third kappa shape index (κ3) is 4.57. The van der Waals surface area contributed by atoms with Gasteiger partial charge in [0.1, 0.15) is 11.6 Å². The number of carbonyl (C=O) groups excluding carboxylic acids is 1. The predicted octanol–water partition coefficient (Wildman–Crippen LogP) is 6.56. The molecule has 2 aliphatic rings. The quantitative estimate of drug-likeness (QED) is 0.240. The summed E-state index contributed by atoms with van der Waals surface area (Å²) >= 11 is 1.63. The lowest BCUT2D eigenvalue weighted by molar-refractivity contribution is -0.126. The van der Waals surface area contributed by atoms with Crippen LogP contribution in [0.25, 0.3) is 43.7 Å². The second-order valence-electron chi connectivity index (χ2n) is 10.6. The molecule has 7 rings (SSSR count). The first-order valence-electron chi connectivity index (χ1n) is 14.0. The Hall–Kier alpha value is -4.40. The summed E-state index contributed by atoms with van der Waals surface area (Å²) in [4.78, 5) is 24.4. The number of aromatic nitrogens is 2. The summed E-state index contributed by atoms with van der Waals surface area (Å²) in [6.07, 6.45) is 4.88. The number of thiophene rings is 1. The lowest BCUT2D eigenvalue weighted by atomic mass is 9.92. The summed E-state index contributed by atoms with van der Waals surface area (Å²) in [7, 11) is 1.55. The van der Waals surface area contributed by atoms with Crippen molar-refractivity contribution >= 4 is 27.3 Å². The van der Waals surface area contributed by atoms with Crippen LogP contribution < -0.4 is 10.1 Å². The minimum atomic E-state index is -0.366. The fraction of sp³-hybridized carbons (Fsp3) is 0.206. The monoisotopic (exact) mass is 576 g/mol. The smallest absolute Gasteiger partial charge is 0.246 e. The highest BCUT2D eigenvalue weighted by molar-refractivity contribution is 7.18. The fourth-order valence-corrected chi connectivity index (χ4v) is 7.03. The molecule has 6 nitrogen and oxygen atoms in total. The van der Waals surface area contributed by atoms with Crippen molar-refractivity contribution < 1.29 is 13.9 Å². The van der Waals surface area contributed by atoms with Crippen LogP contribution in [-0.4, -0.2) is 41.0 Å². The minimum absolute atomic E-state index is 0.0918. The number of halogens is 1. The highest BCUT2D eigenvalue weighted by Gasteiger charge is 2.25. The highest BCUT2D eigenvalue weighted by atomic mass is 32.1. The Bertz CT molecular complexity index is 1880. The number of benzene rings is 2. The van der Waals surface area contributed by atoms with Crippen LogP contribution in [0.1, 0.15) is 22.4 Å². The topological polar surface area (TPSA) is 67.4 Å². The number of nitrogens with one attached hydrogen (secondary N) is 1. The number of fused-ring (bicyclic) bond motifs is 3. The Morgan fingerprint density at radius 3 is 2.81 bits per heavy atom. The van der Waals surface area contributed by atoms with Crippen LogP contribution in [0.2, 0.25) is 0 Å². The van der Waals surface area contributed by atoms with Gasteiger partial charge in [0.15, 0.2) is 0 Å². The molecule has 0 saturated heterocycles. The number of ether oxygens (including phenoxy) is 1. The second kappa shape index (κ2) is 10.8. The number of nitrogens with zero attached hydrogens (tertiary/aromatic N) is 3. The number of methoxy groups -OCH3 is 1. The van der Waals surface area contributed by atoms with E-state index in [4.69, 9.17) is 14.7 Å². The van der Waals surface area contributed by atoms with E-state index in [9.17, 15) is 9.18 Å². The summed E-state index contributed by atoms with van der Waals surface area (Å²) in [5.41, 5.74) is 9.79. The van der Waals surface area contributed by atoms with E-state index in [0.29, 0.717) is 25.3 Å². The van der Waals surface area contributed by atoms with Gasteiger partial charge in [-0.25, -0.2) is 9.37 Å². The molecular weight excluding hydrogens is 547 g/mol. The third-order valence-corrected chi connectivity index (χ3v) is 9.14. The molecule has 0 unspecified atom stereocenters. The molecule has 8 heteroatoms. The van der Waals surface area contributed by atoms with Gasteiger partial charge in [-0.3, -0.25) is 9.78 Å². The maximum atomic E-state index is 14.3. The lowest BCUT2D eigenvalue weighted by Gasteiger charge is -2.27. The van der Waals surface area contributed by atoms with Crippen LogP contribution in [-0.2, 0) is 30.7 Å². The highest BCUT2D eigenvalue weighted by Crippen LogP contribution is 2.46. The van der Waals surface area contributed by atoms with Crippen molar-refractivity contribution in [1.29, 1.82) is 0 Å². The van der Waals surface area contributed by atoms with E-state index >= 15 is 0 Å².